The second kappa shape index (κ2) is 10.8. The third-order valence-corrected chi connectivity index (χ3v) is 6.82. The highest BCUT2D eigenvalue weighted by Gasteiger charge is 2.18. The molecular weight excluding hydrogens is 466 g/mol. The van der Waals surface area contributed by atoms with Crippen LogP contribution in [0.2, 0.25) is 0 Å². The molecule has 0 bridgehead atoms. The minimum Gasteiger partial charge on any atom is -0.331 e. The Bertz CT molecular complexity index is 1400. The van der Waals surface area contributed by atoms with Crippen LogP contribution in [0.3, 0.4) is 0 Å². The molecule has 190 valence electrons. The van der Waals surface area contributed by atoms with Crippen molar-refractivity contribution in [1.29, 1.82) is 0 Å². The number of nitrogens with zero attached hydrogens (tertiary/aromatic N) is 4. The second-order valence-electron chi connectivity index (χ2n) is 9.73. The third kappa shape index (κ3) is 5.61. The fraction of sp³-hybridized carbons (Fsp3) is 0.321. The van der Waals surface area contributed by atoms with Crippen molar-refractivity contribution < 1.29 is 9.59 Å². The maximum atomic E-state index is 13.1. The highest BCUT2D eigenvalue weighted by atomic mass is 16.2. The number of hydrogen-bond acceptors (Lipinski definition) is 5. The molecule has 3 heterocycles. The molecule has 5 rings (SSSR count). The lowest BCUT2D eigenvalue weighted by Crippen LogP contribution is -2.27. The number of pyridine rings is 2. The van der Waals surface area contributed by atoms with E-state index < -0.39 is 0 Å². The number of aromatic nitrogens is 4. The average Bonchev–Trinajstić information content (AvgIpc) is 3.14. The number of amides is 3. The number of aromatic amines is 1. The summed E-state index contributed by atoms with van der Waals surface area (Å²) >= 11 is 0. The lowest BCUT2D eigenvalue weighted by Gasteiger charge is -2.13. The van der Waals surface area contributed by atoms with Crippen LogP contribution in [-0.2, 0) is 0 Å². The molecule has 1 saturated carbocycles. The number of H-pyrrole nitrogens is 1. The first-order chi connectivity index (χ1) is 18.0. The molecule has 9 nitrogen and oxygen atoms in total. The molecule has 1 aliphatic rings. The third-order valence-electron chi connectivity index (χ3n) is 6.82. The van der Waals surface area contributed by atoms with Gasteiger partial charge in [-0.1, -0.05) is 31.7 Å². The van der Waals surface area contributed by atoms with Crippen molar-refractivity contribution in [2.45, 2.75) is 44.4 Å². The molecule has 0 unspecified atom stereocenters. The molecule has 0 saturated heterocycles. The van der Waals surface area contributed by atoms with E-state index in [0.29, 0.717) is 28.4 Å². The molecule has 0 spiro atoms. The lowest BCUT2D eigenvalue weighted by atomic mass is 9.96. The average molecular weight is 498 g/mol. The number of anilines is 2. The van der Waals surface area contributed by atoms with E-state index in [1.165, 1.54) is 43.4 Å². The number of carbonyl (C=O) groups excluding carboxylic acids is 2. The van der Waals surface area contributed by atoms with E-state index in [2.05, 4.69) is 30.8 Å². The molecule has 3 amide bonds. The Labute approximate surface area is 215 Å². The zero-order chi connectivity index (χ0) is 25.8. The number of carbonyl (C=O) groups is 2. The first kappa shape index (κ1) is 24.4. The van der Waals surface area contributed by atoms with Gasteiger partial charge in [0.1, 0.15) is 0 Å². The van der Waals surface area contributed by atoms with Crippen molar-refractivity contribution in [1.82, 2.24) is 25.1 Å². The topological polar surface area (TPSA) is 116 Å². The Hall–Kier alpha value is -4.27. The number of urea groups is 1. The van der Waals surface area contributed by atoms with Crippen molar-refractivity contribution in [3.8, 4) is 11.1 Å². The zero-order valence-electron chi connectivity index (χ0n) is 21.1. The van der Waals surface area contributed by atoms with Gasteiger partial charge in [0.15, 0.2) is 5.69 Å². The molecule has 3 aromatic heterocycles. The van der Waals surface area contributed by atoms with E-state index in [0.717, 1.165) is 22.3 Å². The number of hydrogen-bond donors (Lipinski definition) is 3. The predicted molar refractivity (Wildman–Crippen MR) is 145 cm³/mol. The molecule has 1 fully saturated rings. The predicted octanol–water partition coefficient (Wildman–Crippen LogP) is 5.80. The lowest BCUT2D eigenvalue weighted by molar-refractivity contribution is 0.102. The Morgan fingerprint density at radius 1 is 0.892 bits per heavy atom. The largest absolute Gasteiger partial charge is 0.331 e. The summed E-state index contributed by atoms with van der Waals surface area (Å²) in [5.74, 6) is 0.197. The standard InChI is InChI=1S/C28H31N7O2/c1-35(2)28(37)32-22-13-20(15-29-16-22)19-9-11-25-23(14-19)26(34-33-25)27(36)31-21-10-12-24(30-17-21)18-7-5-3-4-6-8-18/h9-18H,3-8H2,1-2H3,(H,31,36)(H,32,37)(H,33,34). The van der Waals surface area contributed by atoms with Gasteiger partial charge in [0.2, 0.25) is 0 Å². The van der Waals surface area contributed by atoms with Gasteiger partial charge >= 0.3 is 6.03 Å². The Morgan fingerprint density at radius 2 is 1.70 bits per heavy atom. The number of nitrogens with one attached hydrogen (secondary N) is 3. The zero-order valence-corrected chi connectivity index (χ0v) is 21.1. The van der Waals surface area contributed by atoms with E-state index >= 15 is 0 Å². The van der Waals surface area contributed by atoms with Crippen molar-refractivity contribution in [2.24, 2.45) is 0 Å². The monoisotopic (exact) mass is 497 g/mol. The van der Waals surface area contributed by atoms with Gasteiger partial charge in [0, 0.05) is 42.9 Å². The number of fused-ring (bicyclic) bond motifs is 1. The fourth-order valence-electron chi connectivity index (χ4n) is 4.75. The summed E-state index contributed by atoms with van der Waals surface area (Å²) in [6.45, 7) is 0. The Kier molecular flexibility index (Phi) is 7.11. The molecule has 4 aromatic rings. The van der Waals surface area contributed by atoms with Crippen LogP contribution in [0.4, 0.5) is 16.2 Å². The maximum Gasteiger partial charge on any atom is 0.321 e. The SMILES string of the molecule is CN(C)C(=O)Nc1cncc(-c2ccc3[nH]nc(C(=O)Nc4ccc(C5CCCCCC5)nc4)c3c2)c1. The van der Waals surface area contributed by atoms with E-state index in [1.54, 1.807) is 32.7 Å². The number of benzene rings is 1. The normalized spacial score (nSPS) is 14.2. The summed E-state index contributed by atoms with van der Waals surface area (Å²) < 4.78 is 0. The van der Waals surface area contributed by atoms with Gasteiger partial charge in [0.25, 0.3) is 5.91 Å². The van der Waals surface area contributed by atoms with Crippen molar-refractivity contribution >= 4 is 34.2 Å². The van der Waals surface area contributed by atoms with Crippen molar-refractivity contribution in [3.63, 3.8) is 0 Å². The van der Waals surface area contributed by atoms with Crippen LogP contribution in [0.5, 0.6) is 0 Å². The minimum atomic E-state index is -0.308. The summed E-state index contributed by atoms with van der Waals surface area (Å²) in [6, 6.07) is 11.3. The number of rotatable bonds is 5. The molecule has 0 atom stereocenters. The van der Waals surface area contributed by atoms with Crippen LogP contribution in [-0.4, -0.2) is 51.1 Å². The molecular formula is C28H31N7O2. The highest BCUT2D eigenvalue weighted by molar-refractivity contribution is 6.11. The van der Waals surface area contributed by atoms with Crippen LogP contribution < -0.4 is 10.6 Å². The van der Waals surface area contributed by atoms with Crippen LogP contribution in [0.25, 0.3) is 22.0 Å². The van der Waals surface area contributed by atoms with Gasteiger partial charge < -0.3 is 15.5 Å². The summed E-state index contributed by atoms with van der Waals surface area (Å²) in [4.78, 5) is 35.5. The van der Waals surface area contributed by atoms with Crippen LogP contribution >= 0.6 is 0 Å². The Balaban J connectivity index is 1.34. The summed E-state index contributed by atoms with van der Waals surface area (Å²) in [7, 11) is 3.35. The smallest absolute Gasteiger partial charge is 0.321 e. The molecule has 1 aliphatic carbocycles. The second-order valence-corrected chi connectivity index (χ2v) is 9.73. The minimum absolute atomic E-state index is 0.236. The first-order valence-corrected chi connectivity index (χ1v) is 12.7. The van der Waals surface area contributed by atoms with Crippen molar-refractivity contribution in [3.05, 3.63) is 66.4 Å². The summed E-state index contributed by atoms with van der Waals surface area (Å²) in [5, 5.41) is 13.6. The molecule has 0 aliphatic heterocycles. The van der Waals surface area contributed by atoms with E-state index in [9.17, 15) is 9.59 Å². The van der Waals surface area contributed by atoms with Crippen molar-refractivity contribution in [2.75, 3.05) is 24.7 Å². The quantitative estimate of drug-likeness (QED) is 0.301. The summed E-state index contributed by atoms with van der Waals surface area (Å²) in [6.07, 6.45) is 12.5. The van der Waals surface area contributed by atoms with Crippen LogP contribution in [0.15, 0.2) is 55.0 Å². The molecule has 37 heavy (non-hydrogen) atoms. The van der Waals surface area contributed by atoms with Crippen LogP contribution in [0.1, 0.15) is 60.6 Å². The van der Waals surface area contributed by atoms with Gasteiger partial charge in [-0.05, 0) is 48.7 Å². The molecule has 3 N–H and O–H groups in total. The van der Waals surface area contributed by atoms with E-state index in [1.807, 2.05) is 36.4 Å². The maximum absolute atomic E-state index is 13.1. The molecule has 1 aromatic carbocycles. The van der Waals surface area contributed by atoms with E-state index in [4.69, 9.17) is 0 Å². The van der Waals surface area contributed by atoms with Gasteiger partial charge in [-0.25, -0.2) is 4.79 Å². The molecule has 9 heteroatoms. The van der Waals surface area contributed by atoms with Crippen LogP contribution in [0, 0.1) is 0 Å². The Morgan fingerprint density at radius 3 is 2.43 bits per heavy atom. The van der Waals surface area contributed by atoms with Gasteiger partial charge in [-0.3, -0.25) is 19.9 Å². The highest BCUT2D eigenvalue weighted by Crippen LogP contribution is 2.31. The van der Waals surface area contributed by atoms with Gasteiger partial charge in [0.05, 0.1) is 29.3 Å². The van der Waals surface area contributed by atoms with Gasteiger partial charge in [-0.15, -0.1) is 0 Å². The molecule has 0 radical (unpaired) electrons. The van der Waals surface area contributed by atoms with Gasteiger partial charge in [-0.2, -0.15) is 5.10 Å². The first-order valence-electron chi connectivity index (χ1n) is 12.7. The van der Waals surface area contributed by atoms with E-state index in [-0.39, 0.29) is 11.9 Å². The summed E-state index contributed by atoms with van der Waals surface area (Å²) in [5.41, 5.74) is 5.04. The fourth-order valence-corrected chi connectivity index (χ4v) is 4.75.